The summed E-state index contributed by atoms with van der Waals surface area (Å²) < 4.78 is 29.2. The van der Waals surface area contributed by atoms with Crippen LogP contribution >= 0.6 is 23.2 Å². The minimum absolute atomic E-state index is 0.190. The van der Waals surface area contributed by atoms with Crippen LogP contribution in [0.4, 0.5) is 5.69 Å². The molecular weight excluding hydrogens is 395 g/mol. The number of aryl methyl sites for hydroxylation is 2. The van der Waals surface area contributed by atoms with Gasteiger partial charge < -0.3 is 5.32 Å². The van der Waals surface area contributed by atoms with E-state index in [0.29, 0.717) is 39.4 Å². The van der Waals surface area contributed by atoms with Crippen LogP contribution in [-0.2, 0) is 17.1 Å². The summed E-state index contributed by atoms with van der Waals surface area (Å²) in [6, 6.07) is 5.60. The molecule has 1 aliphatic rings. The highest BCUT2D eigenvalue weighted by atomic mass is 35.5. The smallest absolute Gasteiger partial charge is 0.246 e. The van der Waals surface area contributed by atoms with Crippen molar-refractivity contribution < 1.29 is 8.42 Å². The number of piperidine rings is 1. The molecule has 1 N–H and O–H groups in total. The number of sulfonamides is 1. The Morgan fingerprint density at radius 2 is 1.81 bits per heavy atom. The van der Waals surface area contributed by atoms with Crippen molar-refractivity contribution in [3.8, 4) is 0 Å². The van der Waals surface area contributed by atoms with E-state index in [0.717, 1.165) is 18.5 Å². The molecule has 142 valence electrons. The third-order valence-electron chi connectivity index (χ3n) is 4.78. The maximum Gasteiger partial charge on any atom is 0.246 e. The molecule has 1 saturated heterocycles. The molecule has 9 heteroatoms. The van der Waals surface area contributed by atoms with Crippen LogP contribution in [0.25, 0.3) is 0 Å². The molecule has 0 amide bonds. The molecule has 1 aliphatic heterocycles. The topological polar surface area (TPSA) is 67.2 Å². The molecule has 26 heavy (non-hydrogen) atoms. The molecule has 3 rings (SSSR count). The van der Waals surface area contributed by atoms with E-state index in [4.69, 9.17) is 23.2 Å². The van der Waals surface area contributed by atoms with Gasteiger partial charge in [-0.05, 0) is 44.9 Å². The molecule has 6 nitrogen and oxygen atoms in total. The third kappa shape index (κ3) is 3.71. The van der Waals surface area contributed by atoms with Crippen molar-refractivity contribution in [2.24, 2.45) is 7.05 Å². The Balaban J connectivity index is 1.68. The highest BCUT2D eigenvalue weighted by Gasteiger charge is 2.33. The average molecular weight is 417 g/mol. The molecule has 0 atom stereocenters. The Labute approximate surface area is 164 Å². The van der Waals surface area contributed by atoms with Crippen molar-refractivity contribution >= 4 is 38.9 Å². The molecule has 2 aromatic rings. The van der Waals surface area contributed by atoms with Crippen molar-refractivity contribution in [1.29, 1.82) is 0 Å². The first-order valence-corrected chi connectivity index (χ1v) is 10.6. The number of aromatic nitrogens is 2. The van der Waals surface area contributed by atoms with Crippen molar-refractivity contribution in [2.45, 2.75) is 37.6 Å². The van der Waals surface area contributed by atoms with Gasteiger partial charge in [-0.25, -0.2) is 8.42 Å². The second-order valence-corrected chi connectivity index (χ2v) is 9.26. The Bertz CT molecular complexity index is 919. The average Bonchev–Trinajstić information content (AvgIpc) is 2.84. The van der Waals surface area contributed by atoms with Gasteiger partial charge in [-0.2, -0.15) is 9.40 Å². The van der Waals surface area contributed by atoms with Crippen molar-refractivity contribution in [3.05, 3.63) is 39.6 Å². The Morgan fingerprint density at radius 3 is 2.35 bits per heavy atom. The fourth-order valence-corrected chi connectivity index (χ4v) is 5.49. The predicted octanol–water partition coefficient (Wildman–Crippen LogP) is 3.61. The molecule has 0 saturated carbocycles. The Kier molecular flexibility index (Phi) is 5.53. The molecule has 1 aromatic carbocycles. The van der Waals surface area contributed by atoms with Crippen LogP contribution < -0.4 is 5.32 Å². The lowest BCUT2D eigenvalue weighted by atomic mass is 10.1. The van der Waals surface area contributed by atoms with Gasteiger partial charge in [0.05, 0.1) is 21.4 Å². The molecule has 0 aliphatic carbocycles. The maximum atomic E-state index is 13.0. The van der Waals surface area contributed by atoms with E-state index in [-0.39, 0.29) is 6.04 Å². The molecule has 0 radical (unpaired) electrons. The van der Waals surface area contributed by atoms with E-state index in [1.54, 1.807) is 42.0 Å². The van der Waals surface area contributed by atoms with Crippen LogP contribution in [0, 0.1) is 13.8 Å². The Hall–Kier alpha value is -1.28. The van der Waals surface area contributed by atoms with Crippen molar-refractivity contribution in [1.82, 2.24) is 14.1 Å². The number of benzene rings is 1. The number of nitrogens with zero attached hydrogens (tertiary/aromatic N) is 3. The number of hydrogen-bond acceptors (Lipinski definition) is 4. The van der Waals surface area contributed by atoms with Gasteiger partial charge in [-0.15, -0.1) is 0 Å². The third-order valence-corrected chi connectivity index (χ3v) is 7.68. The van der Waals surface area contributed by atoms with Gasteiger partial charge in [0.1, 0.15) is 4.90 Å². The van der Waals surface area contributed by atoms with Gasteiger partial charge in [-0.1, -0.05) is 23.2 Å². The summed E-state index contributed by atoms with van der Waals surface area (Å²) in [5, 5.41) is 8.65. The van der Waals surface area contributed by atoms with Gasteiger partial charge in [0, 0.05) is 31.9 Å². The fourth-order valence-electron chi connectivity index (χ4n) is 3.32. The van der Waals surface area contributed by atoms with Crippen LogP contribution in [0.2, 0.25) is 10.0 Å². The van der Waals surface area contributed by atoms with Gasteiger partial charge in [-0.3, -0.25) is 4.68 Å². The van der Waals surface area contributed by atoms with E-state index in [2.05, 4.69) is 10.4 Å². The van der Waals surface area contributed by atoms with Crippen LogP contribution in [0.1, 0.15) is 24.2 Å². The van der Waals surface area contributed by atoms with Crippen molar-refractivity contribution in [3.63, 3.8) is 0 Å². The summed E-state index contributed by atoms with van der Waals surface area (Å²) in [6.45, 7) is 4.45. The lowest BCUT2D eigenvalue weighted by Crippen LogP contribution is -2.42. The fraction of sp³-hybridized carbons (Fsp3) is 0.471. The first-order valence-electron chi connectivity index (χ1n) is 8.42. The van der Waals surface area contributed by atoms with Gasteiger partial charge in [0.15, 0.2) is 0 Å². The summed E-state index contributed by atoms with van der Waals surface area (Å²) >= 11 is 12.0. The molecule has 1 fully saturated rings. The summed E-state index contributed by atoms with van der Waals surface area (Å²) in [4.78, 5) is 0.330. The number of nitrogens with one attached hydrogen (secondary N) is 1. The SMILES string of the molecule is Cc1nn(C)c(C)c1S(=O)(=O)N1CCC(Nc2ccc(Cl)c(Cl)c2)CC1. The van der Waals surface area contributed by atoms with E-state index >= 15 is 0 Å². The second kappa shape index (κ2) is 7.38. The van der Waals surface area contributed by atoms with Gasteiger partial charge >= 0.3 is 0 Å². The van der Waals surface area contributed by atoms with Gasteiger partial charge in [0.2, 0.25) is 10.0 Å². The summed E-state index contributed by atoms with van der Waals surface area (Å²) in [7, 11) is -1.77. The molecular formula is C17H22Cl2N4O2S. The quantitative estimate of drug-likeness (QED) is 0.826. The van der Waals surface area contributed by atoms with E-state index in [1.165, 1.54) is 0 Å². The lowest BCUT2D eigenvalue weighted by molar-refractivity contribution is 0.329. The summed E-state index contributed by atoms with van der Waals surface area (Å²) in [5.74, 6) is 0. The Morgan fingerprint density at radius 1 is 1.15 bits per heavy atom. The van der Waals surface area contributed by atoms with E-state index < -0.39 is 10.0 Å². The van der Waals surface area contributed by atoms with Crippen LogP contribution in [0.3, 0.4) is 0 Å². The second-order valence-electron chi connectivity index (χ2n) is 6.58. The normalized spacial score (nSPS) is 16.8. The number of rotatable bonds is 4. The number of halogens is 2. The molecule has 0 bridgehead atoms. The predicted molar refractivity (Wildman–Crippen MR) is 105 cm³/mol. The number of anilines is 1. The van der Waals surface area contributed by atoms with Gasteiger partial charge in [0.25, 0.3) is 0 Å². The monoisotopic (exact) mass is 416 g/mol. The highest BCUT2D eigenvalue weighted by Crippen LogP contribution is 2.28. The minimum atomic E-state index is -3.53. The molecule has 2 heterocycles. The zero-order valence-electron chi connectivity index (χ0n) is 15.0. The van der Waals surface area contributed by atoms with E-state index in [1.807, 2.05) is 6.07 Å². The number of hydrogen-bond donors (Lipinski definition) is 1. The highest BCUT2D eigenvalue weighted by molar-refractivity contribution is 7.89. The molecule has 0 unspecified atom stereocenters. The first-order chi connectivity index (χ1) is 12.2. The first kappa shape index (κ1) is 19.5. The summed E-state index contributed by atoms with van der Waals surface area (Å²) in [6.07, 6.45) is 1.44. The largest absolute Gasteiger partial charge is 0.382 e. The van der Waals surface area contributed by atoms with Crippen molar-refractivity contribution in [2.75, 3.05) is 18.4 Å². The van der Waals surface area contributed by atoms with Crippen LogP contribution in [0.15, 0.2) is 23.1 Å². The zero-order chi connectivity index (χ0) is 19.1. The standard InChI is InChI=1S/C17H22Cl2N4O2S/c1-11-17(12(2)22(3)21-11)26(24,25)23-8-6-13(7-9-23)20-14-4-5-15(18)16(19)10-14/h4-5,10,13,20H,6-9H2,1-3H3. The maximum absolute atomic E-state index is 13.0. The zero-order valence-corrected chi connectivity index (χ0v) is 17.3. The lowest BCUT2D eigenvalue weighted by Gasteiger charge is -2.32. The molecule has 0 spiro atoms. The van der Waals surface area contributed by atoms with E-state index in [9.17, 15) is 8.42 Å². The van der Waals surface area contributed by atoms with Crippen LogP contribution in [-0.4, -0.2) is 41.6 Å². The molecule has 1 aromatic heterocycles. The van der Waals surface area contributed by atoms with Crippen LogP contribution in [0.5, 0.6) is 0 Å². The minimum Gasteiger partial charge on any atom is -0.382 e. The summed E-state index contributed by atoms with van der Waals surface area (Å²) in [5.41, 5.74) is 2.10.